The first-order valence-electron chi connectivity index (χ1n) is 7.49. The number of carbonyl (C=O) groups excluding carboxylic acids is 1. The molecule has 116 valence electrons. The largest absolute Gasteiger partial charge is 0.293 e. The van der Waals surface area contributed by atoms with Crippen LogP contribution >= 0.6 is 0 Å². The molecule has 0 aliphatic heterocycles. The van der Waals surface area contributed by atoms with Gasteiger partial charge in [0, 0.05) is 24.9 Å². The van der Waals surface area contributed by atoms with E-state index in [0.29, 0.717) is 5.92 Å². The van der Waals surface area contributed by atoms with E-state index in [1.165, 1.54) is 0 Å². The zero-order valence-electron chi connectivity index (χ0n) is 14.3. The van der Waals surface area contributed by atoms with Gasteiger partial charge in [-0.05, 0) is 31.3 Å². The van der Waals surface area contributed by atoms with Crippen LogP contribution in [-0.4, -0.2) is 31.1 Å². The fraction of sp³-hybridized carbons (Fsp3) is 0.556. The molecule has 0 aliphatic rings. The van der Waals surface area contributed by atoms with Gasteiger partial charge < -0.3 is 0 Å². The average Bonchev–Trinajstić information content (AvgIpc) is 2.44. The molecule has 0 saturated heterocycles. The Morgan fingerprint density at radius 2 is 1.95 bits per heavy atom. The second-order valence-corrected chi connectivity index (χ2v) is 5.25. The van der Waals surface area contributed by atoms with E-state index in [4.69, 9.17) is 0 Å². The number of likely N-dealkylation sites (N-methyl/N-ethyl adjacent to an activating group) is 1. The average molecular weight is 288 g/mol. The first kappa shape index (κ1) is 19.2. The molecule has 0 saturated carbocycles. The summed E-state index contributed by atoms with van der Waals surface area (Å²) in [4.78, 5) is 12.7. The predicted octanol–water partition coefficient (Wildman–Crippen LogP) is 3.83. The Morgan fingerprint density at radius 3 is 2.33 bits per heavy atom. The number of ketones is 1. The molecule has 0 unspecified atom stereocenters. The maximum atomic E-state index is 12.7. The van der Waals surface area contributed by atoms with Crippen molar-refractivity contribution < 1.29 is 4.79 Å². The fourth-order valence-corrected chi connectivity index (χ4v) is 2.14. The zero-order chi connectivity index (χ0) is 16.4. The molecular formula is C18H28N2O. The number of hydrogen-bond donors (Lipinski definition) is 0. The van der Waals surface area contributed by atoms with Gasteiger partial charge in [-0.25, -0.2) is 0 Å². The van der Waals surface area contributed by atoms with E-state index in [9.17, 15) is 4.79 Å². The van der Waals surface area contributed by atoms with Crippen LogP contribution in [0.5, 0.6) is 0 Å². The highest BCUT2D eigenvalue weighted by Crippen LogP contribution is 2.23. The van der Waals surface area contributed by atoms with E-state index in [1.807, 2.05) is 6.92 Å². The van der Waals surface area contributed by atoms with Crippen LogP contribution in [0.15, 0.2) is 27.9 Å². The maximum absolute atomic E-state index is 12.7. The number of rotatable bonds is 8. The summed E-state index contributed by atoms with van der Waals surface area (Å²) in [6.07, 6.45) is 3.73. The number of carbonyl (C=O) groups is 1. The van der Waals surface area contributed by atoms with Gasteiger partial charge in [-0.1, -0.05) is 39.7 Å². The molecule has 0 spiro atoms. The standard InChI is InChI=1S/C18H28N2O/c1-8-11-15(9-2)18(16(10-3)12-14(4)5)17(21)13-20(7)19-6/h12,14H,6,9-10,13H2,1-5,7H3/b16-12-,18-15+. The van der Waals surface area contributed by atoms with Crippen molar-refractivity contribution in [2.45, 2.75) is 47.5 Å². The summed E-state index contributed by atoms with van der Waals surface area (Å²) in [6, 6.07) is 0. The minimum atomic E-state index is 0.0539. The molecule has 3 nitrogen and oxygen atoms in total. The first-order valence-corrected chi connectivity index (χ1v) is 7.49. The molecule has 21 heavy (non-hydrogen) atoms. The summed E-state index contributed by atoms with van der Waals surface area (Å²) < 4.78 is 0. The van der Waals surface area contributed by atoms with Crippen LogP contribution in [0.3, 0.4) is 0 Å². The number of hydrogen-bond acceptors (Lipinski definition) is 3. The molecular weight excluding hydrogens is 260 g/mol. The van der Waals surface area contributed by atoms with Crippen molar-refractivity contribution in [2.75, 3.05) is 13.6 Å². The van der Waals surface area contributed by atoms with Crippen LogP contribution < -0.4 is 0 Å². The number of allylic oxidation sites excluding steroid dienone is 3. The molecule has 0 atom stereocenters. The van der Waals surface area contributed by atoms with Gasteiger partial charge in [0.15, 0.2) is 5.78 Å². The molecule has 0 aliphatic carbocycles. The smallest absolute Gasteiger partial charge is 0.185 e. The van der Waals surface area contributed by atoms with Crippen LogP contribution in [0, 0.1) is 17.8 Å². The number of Topliss-reactive ketones (excluding diaryl/α,β-unsaturated/α-hetero) is 1. The van der Waals surface area contributed by atoms with Gasteiger partial charge in [0.1, 0.15) is 0 Å². The number of hydrazone groups is 1. The molecule has 0 bridgehead atoms. The van der Waals surface area contributed by atoms with E-state index in [-0.39, 0.29) is 12.3 Å². The first-order chi connectivity index (χ1) is 9.90. The second kappa shape index (κ2) is 9.99. The zero-order valence-corrected chi connectivity index (χ0v) is 14.3. The topological polar surface area (TPSA) is 32.7 Å². The molecule has 0 aromatic carbocycles. The van der Waals surface area contributed by atoms with Crippen LogP contribution in [0.25, 0.3) is 0 Å². The molecule has 0 radical (unpaired) electrons. The van der Waals surface area contributed by atoms with Crippen LogP contribution in [-0.2, 0) is 4.79 Å². The Labute approximate surface area is 129 Å². The Morgan fingerprint density at radius 1 is 1.33 bits per heavy atom. The summed E-state index contributed by atoms with van der Waals surface area (Å²) in [5.41, 5.74) is 2.75. The van der Waals surface area contributed by atoms with Crippen LogP contribution in [0.2, 0.25) is 0 Å². The minimum Gasteiger partial charge on any atom is -0.293 e. The Kier molecular flexibility index (Phi) is 9.12. The summed E-state index contributed by atoms with van der Waals surface area (Å²) >= 11 is 0. The van der Waals surface area contributed by atoms with Crippen molar-refractivity contribution >= 4 is 12.5 Å². The van der Waals surface area contributed by atoms with E-state index in [0.717, 1.165) is 29.6 Å². The highest BCUT2D eigenvalue weighted by atomic mass is 16.1. The Bertz CT molecular complexity index is 487. The highest BCUT2D eigenvalue weighted by molar-refractivity contribution is 6.02. The third-order valence-electron chi connectivity index (χ3n) is 3.06. The van der Waals surface area contributed by atoms with Crippen molar-refractivity contribution in [2.24, 2.45) is 11.0 Å². The van der Waals surface area contributed by atoms with Gasteiger partial charge >= 0.3 is 0 Å². The van der Waals surface area contributed by atoms with E-state index < -0.39 is 0 Å². The van der Waals surface area contributed by atoms with Gasteiger partial charge in [-0.3, -0.25) is 9.80 Å². The van der Waals surface area contributed by atoms with Crippen molar-refractivity contribution in [3.63, 3.8) is 0 Å². The van der Waals surface area contributed by atoms with Gasteiger partial charge in [-0.2, -0.15) is 5.10 Å². The molecule has 0 rings (SSSR count). The van der Waals surface area contributed by atoms with Gasteiger partial charge in [0.2, 0.25) is 0 Å². The molecule has 0 amide bonds. The normalized spacial score (nSPS) is 12.4. The Balaban J connectivity index is 5.93. The third kappa shape index (κ3) is 6.44. The van der Waals surface area contributed by atoms with Gasteiger partial charge in [0.05, 0.1) is 6.54 Å². The lowest BCUT2D eigenvalue weighted by atomic mass is 9.90. The lowest BCUT2D eigenvalue weighted by molar-refractivity contribution is -0.116. The van der Waals surface area contributed by atoms with E-state index in [1.54, 1.807) is 19.0 Å². The molecule has 3 heteroatoms. The van der Waals surface area contributed by atoms with Crippen molar-refractivity contribution in [3.05, 3.63) is 22.8 Å². The van der Waals surface area contributed by atoms with Crippen LogP contribution in [0.1, 0.15) is 47.5 Å². The summed E-state index contributed by atoms with van der Waals surface area (Å²) in [5.74, 6) is 6.46. The molecule has 0 aromatic heterocycles. The molecule has 0 heterocycles. The summed E-state index contributed by atoms with van der Waals surface area (Å²) in [7, 11) is 1.75. The molecule has 0 N–H and O–H groups in total. The van der Waals surface area contributed by atoms with Crippen molar-refractivity contribution in [1.29, 1.82) is 0 Å². The lowest BCUT2D eigenvalue weighted by Gasteiger charge is -2.17. The lowest BCUT2D eigenvalue weighted by Crippen LogP contribution is -2.24. The Hall–Kier alpha value is -1.82. The quantitative estimate of drug-likeness (QED) is 0.224. The third-order valence-corrected chi connectivity index (χ3v) is 3.06. The van der Waals surface area contributed by atoms with Crippen molar-refractivity contribution in [3.8, 4) is 11.8 Å². The van der Waals surface area contributed by atoms with Crippen molar-refractivity contribution in [1.82, 2.24) is 5.01 Å². The summed E-state index contributed by atoms with van der Waals surface area (Å²) in [5, 5.41) is 5.33. The van der Waals surface area contributed by atoms with Crippen LogP contribution in [0.4, 0.5) is 0 Å². The highest BCUT2D eigenvalue weighted by Gasteiger charge is 2.18. The van der Waals surface area contributed by atoms with Gasteiger partial charge in [-0.15, -0.1) is 5.92 Å². The molecule has 0 fully saturated rings. The SMILES string of the molecule is C=NN(C)CC(=O)C(/C(=C\C(C)C)CC)=C(/C#CC)CC. The monoisotopic (exact) mass is 288 g/mol. The van der Waals surface area contributed by atoms with E-state index in [2.05, 4.69) is 50.5 Å². The molecule has 0 aromatic rings. The maximum Gasteiger partial charge on any atom is 0.185 e. The van der Waals surface area contributed by atoms with E-state index >= 15 is 0 Å². The van der Waals surface area contributed by atoms with Gasteiger partial charge in [0.25, 0.3) is 0 Å². The fourth-order valence-electron chi connectivity index (χ4n) is 2.14. The second-order valence-electron chi connectivity index (χ2n) is 5.25. The minimum absolute atomic E-state index is 0.0539. The number of nitrogens with zero attached hydrogens (tertiary/aromatic N) is 2. The predicted molar refractivity (Wildman–Crippen MR) is 91.2 cm³/mol. The summed E-state index contributed by atoms with van der Waals surface area (Å²) in [6.45, 7) is 13.8.